The first-order valence-electron chi connectivity index (χ1n) is 13.8. The first kappa shape index (κ1) is 26.7. The van der Waals surface area contributed by atoms with Gasteiger partial charge in [0, 0.05) is 65.9 Å². The van der Waals surface area contributed by atoms with Crippen molar-refractivity contribution in [2.24, 2.45) is 0 Å². The highest BCUT2D eigenvalue weighted by Crippen LogP contribution is 2.42. The molecule has 2 fully saturated rings. The Morgan fingerprint density at radius 3 is 2.58 bits per heavy atom. The molecule has 8 heteroatoms. The van der Waals surface area contributed by atoms with E-state index in [1.54, 1.807) is 0 Å². The predicted octanol–water partition coefficient (Wildman–Crippen LogP) is 4.47. The third-order valence-electron chi connectivity index (χ3n) is 7.80. The van der Waals surface area contributed by atoms with E-state index in [0.717, 1.165) is 49.1 Å². The molecule has 2 aromatic rings. The largest absolute Gasteiger partial charge is 0.465 e. The maximum atomic E-state index is 13.4. The van der Waals surface area contributed by atoms with Gasteiger partial charge in [-0.3, -0.25) is 19.4 Å². The number of nitriles is 1. The lowest BCUT2D eigenvalue weighted by Crippen LogP contribution is -2.49. The quantitative estimate of drug-likeness (QED) is 0.474. The molecule has 0 amide bonds. The van der Waals surface area contributed by atoms with Gasteiger partial charge in [-0.25, -0.2) is 0 Å². The van der Waals surface area contributed by atoms with E-state index in [1.165, 1.54) is 37.0 Å². The van der Waals surface area contributed by atoms with E-state index in [4.69, 9.17) is 4.74 Å². The predicted molar refractivity (Wildman–Crippen MR) is 151 cm³/mol. The summed E-state index contributed by atoms with van der Waals surface area (Å²) in [7, 11) is 0. The van der Waals surface area contributed by atoms with Crippen LogP contribution in [0, 0.1) is 11.3 Å². The summed E-state index contributed by atoms with van der Waals surface area (Å²) in [4.78, 5) is 30.9. The zero-order valence-electron chi connectivity index (χ0n) is 22.1. The van der Waals surface area contributed by atoms with Gasteiger partial charge in [0.25, 0.3) is 0 Å². The summed E-state index contributed by atoms with van der Waals surface area (Å²) in [5.74, 6) is -0.365. The van der Waals surface area contributed by atoms with Crippen LogP contribution in [0.5, 0.6) is 0 Å². The van der Waals surface area contributed by atoms with Gasteiger partial charge in [-0.2, -0.15) is 5.26 Å². The Balaban J connectivity index is 1.29. The number of allylic oxidation sites excluding steroid dienone is 1. The Kier molecular flexibility index (Phi) is 8.68. The molecule has 7 nitrogen and oxygen atoms in total. The standard InChI is InChI=1S/C30H36N4O3S/c1-2-37-27(35)20-34-17-15-33(16-18-34)14-13-32-29-23-11-12-26(38-21-7-4-3-5-8-21)22-9-6-10-24(28(22)23)30(36)25(29)19-31/h6,9-12,21,32H,2-5,7-8,13-18,20H2,1H3. The normalized spacial score (nSPS) is 19.0. The minimum absolute atomic E-state index is 0.171. The van der Waals surface area contributed by atoms with Crippen LogP contribution in [0.25, 0.3) is 16.5 Å². The van der Waals surface area contributed by atoms with Gasteiger partial charge >= 0.3 is 5.97 Å². The zero-order chi connectivity index (χ0) is 26.5. The highest BCUT2D eigenvalue weighted by Gasteiger charge is 2.29. The fraction of sp³-hybridized carbons (Fsp3) is 0.500. The molecule has 0 atom stereocenters. The van der Waals surface area contributed by atoms with Gasteiger partial charge in [-0.15, -0.1) is 11.8 Å². The fourth-order valence-electron chi connectivity index (χ4n) is 5.82. The Bertz CT molecular complexity index is 1270. The molecule has 200 valence electrons. The first-order chi connectivity index (χ1) is 18.6. The van der Waals surface area contributed by atoms with E-state index in [2.05, 4.69) is 39.4 Å². The van der Waals surface area contributed by atoms with Gasteiger partial charge in [0.2, 0.25) is 5.78 Å². The lowest BCUT2D eigenvalue weighted by Gasteiger charge is -2.34. The molecule has 0 spiro atoms. The second-order valence-electron chi connectivity index (χ2n) is 10.3. The van der Waals surface area contributed by atoms with Gasteiger partial charge < -0.3 is 10.1 Å². The van der Waals surface area contributed by atoms with Crippen molar-refractivity contribution < 1.29 is 14.3 Å². The molecule has 1 saturated carbocycles. The number of rotatable bonds is 9. The summed E-state index contributed by atoms with van der Waals surface area (Å²) in [6.45, 7) is 7.36. The molecule has 0 unspecified atom stereocenters. The molecule has 38 heavy (non-hydrogen) atoms. The molecule has 1 aliphatic heterocycles. The molecule has 2 aromatic carbocycles. The number of carbonyl (C=O) groups excluding carboxylic acids is 2. The van der Waals surface area contributed by atoms with E-state index < -0.39 is 0 Å². The molecular weight excluding hydrogens is 496 g/mol. The van der Waals surface area contributed by atoms with Crippen molar-refractivity contribution in [2.45, 2.75) is 49.2 Å². The van der Waals surface area contributed by atoms with E-state index in [0.29, 0.717) is 36.2 Å². The molecule has 3 aliphatic rings. The zero-order valence-corrected chi connectivity index (χ0v) is 22.9. The Labute approximate surface area is 229 Å². The molecule has 0 radical (unpaired) electrons. The number of Topliss-reactive ketones (excluding diaryl/α,β-unsaturated/α-hetero) is 1. The number of ether oxygens (including phenoxy) is 1. The minimum Gasteiger partial charge on any atom is -0.465 e. The van der Waals surface area contributed by atoms with Crippen LogP contribution >= 0.6 is 11.8 Å². The van der Waals surface area contributed by atoms with Crippen LogP contribution in [-0.4, -0.2) is 79.2 Å². The first-order valence-corrected chi connectivity index (χ1v) is 14.7. The Morgan fingerprint density at radius 1 is 1.08 bits per heavy atom. The summed E-state index contributed by atoms with van der Waals surface area (Å²) < 4.78 is 5.06. The Morgan fingerprint density at radius 2 is 1.84 bits per heavy atom. The van der Waals surface area contributed by atoms with E-state index >= 15 is 0 Å². The van der Waals surface area contributed by atoms with Crippen LogP contribution in [0.3, 0.4) is 0 Å². The number of piperazine rings is 1. The fourth-order valence-corrected chi connectivity index (χ4v) is 7.19. The number of hydrogen-bond acceptors (Lipinski definition) is 8. The van der Waals surface area contributed by atoms with E-state index in [9.17, 15) is 14.9 Å². The van der Waals surface area contributed by atoms with Gasteiger partial charge in [0.05, 0.1) is 18.8 Å². The van der Waals surface area contributed by atoms with E-state index in [-0.39, 0.29) is 17.3 Å². The minimum atomic E-state index is -0.194. The van der Waals surface area contributed by atoms with Crippen LogP contribution < -0.4 is 5.32 Å². The SMILES string of the molecule is CCOC(=O)CN1CCN(CCNC2=C(C#N)C(=O)c3cccc4c(SC5CCCCC5)ccc2c34)CC1. The molecule has 2 aliphatic carbocycles. The second kappa shape index (κ2) is 12.3. The number of esters is 1. The lowest BCUT2D eigenvalue weighted by atomic mass is 9.86. The summed E-state index contributed by atoms with van der Waals surface area (Å²) in [6, 6.07) is 12.4. The van der Waals surface area contributed by atoms with Crippen LogP contribution in [-0.2, 0) is 9.53 Å². The van der Waals surface area contributed by atoms with Crippen molar-refractivity contribution in [3.8, 4) is 6.07 Å². The van der Waals surface area contributed by atoms with Crippen LogP contribution in [0.4, 0.5) is 0 Å². The van der Waals surface area contributed by atoms with Crippen molar-refractivity contribution >= 4 is 40.0 Å². The van der Waals surface area contributed by atoms with Crippen molar-refractivity contribution in [2.75, 3.05) is 52.4 Å². The summed E-state index contributed by atoms with van der Waals surface area (Å²) in [5, 5.41) is 16.1. The highest BCUT2D eigenvalue weighted by atomic mass is 32.2. The molecular formula is C30H36N4O3S. The monoisotopic (exact) mass is 532 g/mol. The van der Waals surface area contributed by atoms with Crippen LogP contribution in [0.15, 0.2) is 40.8 Å². The van der Waals surface area contributed by atoms with Gasteiger partial charge in [0.15, 0.2) is 0 Å². The van der Waals surface area contributed by atoms with Crippen LogP contribution in [0.2, 0.25) is 0 Å². The smallest absolute Gasteiger partial charge is 0.320 e. The maximum absolute atomic E-state index is 13.4. The van der Waals surface area contributed by atoms with Gasteiger partial charge in [0.1, 0.15) is 11.6 Å². The maximum Gasteiger partial charge on any atom is 0.320 e. The molecule has 1 N–H and O–H groups in total. The van der Waals surface area contributed by atoms with Crippen molar-refractivity contribution in [3.63, 3.8) is 0 Å². The average molecular weight is 533 g/mol. The average Bonchev–Trinajstić information content (AvgIpc) is 2.94. The topological polar surface area (TPSA) is 85.7 Å². The molecule has 0 aromatic heterocycles. The highest BCUT2D eigenvalue weighted by molar-refractivity contribution is 8.00. The summed E-state index contributed by atoms with van der Waals surface area (Å²) in [5.41, 5.74) is 2.41. The number of ketones is 1. The van der Waals surface area contributed by atoms with Gasteiger partial charge in [-0.05, 0) is 31.2 Å². The third-order valence-corrected chi connectivity index (χ3v) is 9.22. The number of hydrogen-bond donors (Lipinski definition) is 1. The van der Waals surface area contributed by atoms with Crippen molar-refractivity contribution in [1.82, 2.24) is 15.1 Å². The Hall–Kier alpha value is -2.86. The number of carbonyl (C=O) groups is 2. The summed E-state index contributed by atoms with van der Waals surface area (Å²) in [6.07, 6.45) is 6.40. The molecule has 0 bridgehead atoms. The number of nitrogens with one attached hydrogen (secondary N) is 1. The number of benzene rings is 2. The molecule has 1 heterocycles. The molecule has 5 rings (SSSR count). The third kappa shape index (κ3) is 5.75. The lowest BCUT2D eigenvalue weighted by molar-refractivity contribution is -0.144. The van der Waals surface area contributed by atoms with Crippen LogP contribution in [0.1, 0.15) is 54.9 Å². The summed E-state index contributed by atoms with van der Waals surface area (Å²) >= 11 is 1.95. The second-order valence-corrected chi connectivity index (χ2v) is 11.6. The van der Waals surface area contributed by atoms with Crippen molar-refractivity contribution in [1.29, 1.82) is 5.26 Å². The van der Waals surface area contributed by atoms with Crippen molar-refractivity contribution in [3.05, 3.63) is 47.0 Å². The number of thioether (sulfide) groups is 1. The number of nitrogens with zero attached hydrogens (tertiary/aromatic N) is 3. The molecule has 1 saturated heterocycles. The van der Waals surface area contributed by atoms with E-state index in [1.807, 2.05) is 30.8 Å². The van der Waals surface area contributed by atoms with Gasteiger partial charge in [-0.1, -0.05) is 43.5 Å².